The Hall–Kier alpha value is -1.82. The lowest BCUT2D eigenvalue weighted by Crippen LogP contribution is -2.32. The number of anilines is 2. The Kier molecular flexibility index (Phi) is 5.22. The summed E-state index contributed by atoms with van der Waals surface area (Å²) in [4.78, 5) is 15.6. The van der Waals surface area contributed by atoms with Gasteiger partial charge in [-0.2, -0.15) is 0 Å². The minimum absolute atomic E-state index is 0.0494. The molecule has 1 aromatic heterocycles. The Morgan fingerprint density at radius 3 is 2.76 bits per heavy atom. The number of aromatic nitrogens is 1. The van der Waals surface area contributed by atoms with Gasteiger partial charge in [-0.3, -0.25) is 4.79 Å². The van der Waals surface area contributed by atoms with E-state index < -0.39 is 0 Å². The van der Waals surface area contributed by atoms with Crippen LogP contribution >= 0.6 is 0 Å². The van der Waals surface area contributed by atoms with E-state index in [9.17, 15) is 4.79 Å². The molecule has 1 heterocycles. The highest BCUT2D eigenvalue weighted by Gasteiger charge is 2.02. The molecule has 0 saturated heterocycles. The summed E-state index contributed by atoms with van der Waals surface area (Å²) in [5, 5.41) is 5.74. The highest BCUT2D eigenvalue weighted by Crippen LogP contribution is 2.06. The minimum Gasteiger partial charge on any atom is -0.361 e. The van der Waals surface area contributed by atoms with Gasteiger partial charge in [0.2, 0.25) is 5.91 Å². The van der Waals surface area contributed by atoms with E-state index in [0.717, 1.165) is 0 Å². The number of hydrazine groups is 1. The zero-order valence-corrected chi connectivity index (χ0v) is 10.2. The minimum atomic E-state index is -0.0494. The average molecular weight is 237 g/mol. The van der Waals surface area contributed by atoms with Crippen LogP contribution in [0.1, 0.15) is 13.8 Å². The fourth-order valence-corrected chi connectivity index (χ4v) is 1.16. The molecule has 0 unspecified atom stereocenters. The van der Waals surface area contributed by atoms with E-state index in [-0.39, 0.29) is 12.5 Å². The standard InChI is InChI=1S/C11H19N5O/c1-8(2)6-14-11(17)7-13-9-4-3-5-10(15-9)16-12/h3-5,8H,6-7,12H2,1-2H3,(H,14,17)(H2,13,15,16). The van der Waals surface area contributed by atoms with Crippen molar-refractivity contribution in [2.75, 3.05) is 23.8 Å². The molecule has 0 aliphatic carbocycles. The maximum Gasteiger partial charge on any atom is 0.239 e. The normalized spacial score (nSPS) is 10.1. The van der Waals surface area contributed by atoms with Gasteiger partial charge in [-0.25, -0.2) is 10.8 Å². The number of nitrogens with one attached hydrogen (secondary N) is 3. The number of nitrogens with two attached hydrogens (primary N) is 1. The Bertz CT molecular complexity index is 367. The summed E-state index contributed by atoms with van der Waals surface area (Å²) in [6.07, 6.45) is 0. The largest absolute Gasteiger partial charge is 0.361 e. The van der Waals surface area contributed by atoms with E-state index in [0.29, 0.717) is 24.1 Å². The molecular formula is C11H19N5O. The molecule has 0 aliphatic rings. The van der Waals surface area contributed by atoms with Gasteiger partial charge in [0, 0.05) is 6.54 Å². The smallest absolute Gasteiger partial charge is 0.239 e. The van der Waals surface area contributed by atoms with Crippen LogP contribution < -0.4 is 21.9 Å². The van der Waals surface area contributed by atoms with Gasteiger partial charge in [0.25, 0.3) is 0 Å². The predicted octanol–water partition coefficient (Wildman–Crippen LogP) is 0.551. The summed E-state index contributed by atoms with van der Waals surface area (Å²) in [6.45, 7) is 4.98. The van der Waals surface area contributed by atoms with Crippen LogP contribution in [0, 0.1) is 5.92 Å². The van der Waals surface area contributed by atoms with Crippen molar-refractivity contribution >= 4 is 17.5 Å². The van der Waals surface area contributed by atoms with Crippen molar-refractivity contribution < 1.29 is 4.79 Å². The van der Waals surface area contributed by atoms with Crippen molar-refractivity contribution in [3.05, 3.63) is 18.2 Å². The van der Waals surface area contributed by atoms with Gasteiger partial charge in [-0.1, -0.05) is 19.9 Å². The summed E-state index contributed by atoms with van der Waals surface area (Å²) in [7, 11) is 0. The first-order valence-corrected chi connectivity index (χ1v) is 5.56. The number of hydrogen-bond acceptors (Lipinski definition) is 5. The summed E-state index contributed by atoms with van der Waals surface area (Å²) in [5.74, 6) is 6.80. The molecule has 1 amide bonds. The average Bonchev–Trinajstić information content (AvgIpc) is 2.34. The number of carbonyl (C=O) groups excluding carboxylic acids is 1. The van der Waals surface area contributed by atoms with Gasteiger partial charge in [0.05, 0.1) is 6.54 Å². The number of carbonyl (C=O) groups is 1. The maximum absolute atomic E-state index is 11.4. The van der Waals surface area contributed by atoms with Crippen molar-refractivity contribution in [2.45, 2.75) is 13.8 Å². The molecule has 0 aliphatic heterocycles. The van der Waals surface area contributed by atoms with Gasteiger partial charge in [0.15, 0.2) is 0 Å². The van der Waals surface area contributed by atoms with Crippen LogP contribution in [0.15, 0.2) is 18.2 Å². The Morgan fingerprint density at radius 1 is 1.41 bits per heavy atom. The fourth-order valence-electron chi connectivity index (χ4n) is 1.16. The van der Waals surface area contributed by atoms with Gasteiger partial charge in [0.1, 0.15) is 11.6 Å². The molecule has 0 bridgehead atoms. The lowest BCUT2D eigenvalue weighted by molar-refractivity contribution is -0.119. The van der Waals surface area contributed by atoms with Crippen molar-refractivity contribution in [1.82, 2.24) is 10.3 Å². The second-order valence-corrected chi connectivity index (χ2v) is 4.10. The molecule has 0 spiro atoms. The number of rotatable bonds is 6. The molecule has 6 nitrogen and oxygen atoms in total. The van der Waals surface area contributed by atoms with E-state index in [1.54, 1.807) is 18.2 Å². The van der Waals surface area contributed by atoms with Gasteiger partial charge in [-0.05, 0) is 18.1 Å². The zero-order valence-electron chi connectivity index (χ0n) is 10.2. The molecule has 0 saturated carbocycles. The monoisotopic (exact) mass is 237 g/mol. The van der Waals surface area contributed by atoms with Crippen LogP contribution in [0.25, 0.3) is 0 Å². The number of pyridine rings is 1. The van der Waals surface area contributed by atoms with E-state index in [4.69, 9.17) is 5.84 Å². The van der Waals surface area contributed by atoms with E-state index in [2.05, 4.69) is 21.0 Å². The van der Waals surface area contributed by atoms with Crippen LogP contribution in [0.3, 0.4) is 0 Å². The van der Waals surface area contributed by atoms with Crippen molar-refractivity contribution in [3.63, 3.8) is 0 Å². The molecule has 5 N–H and O–H groups in total. The Balaban J connectivity index is 2.36. The van der Waals surface area contributed by atoms with E-state index >= 15 is 0 Å². The third kappa shape index (κ3) is 5.17. The molecule has 1 rings (SSSR count). The number of hydrogen-bond donors (Lipinski definition) is 4. The molecule has 0 aromatic carbocycles. The second-order valence-electron chi connectivity index (χ2n) is 4.10. The van der Waals surface area contributed by atoms with Crippen molar-refractivity contribution in [2.24, 2.45) is 11.8 Å². The second kappa shape index (κ2) is 6.70. The maximum atomic E-state index is 11.4. The van der Waals surface area contributed by atoms with E-state index in [1.807, 2.05) is 13.8 Å². The Morgan fingerprint density at radius 2 is 2.12 bits per heavy atom. The molecular weight excluding hydrogens is 218 g/mol. The molecule has 0 radical (unpaired) electrons. The topological polar surface area (TPSA) is 92.1 Å². The number of nitrogen functional groups attached to an aromatic ring is 1. The van der Waals surface area contributed by atoms with Crippen LogP contribution in [0.5, 0.6) is 0 Å². The lowest BCUT2D eigenvalue weighted by Gasteiger charge is -2.09. The summed E-state index contributed by atoms with van der Waals surface area (Å²) in [5.41, 5.74) is 2.44. The van der Waals surface area contributed by atoms with Crippen LogP contribution in [0.4, 0.5) is 11.6 Å². The first-order valence-electron chi connectivity index (χ1n) is 5.56. The van der Waals surface area contributed by atoms with Crippen LogP contribution in [0.2, 0.25) is 0 Å². The summed E-state index contributed by atoms with van der Waals surface area (Å²) < 4.78 is 0. The summed E-state index contributed by atoms with van der Waals surface area (Å²) in [6, 6.07) is 5.32. The molecule has 17 heavy (non-hydrogen) atoms. The van der Waals surface area contributed by atoms with Crippen molar-refractivity contribution in [1.29, 1.82) is 0 Å². The SMILES string of the molecule is CC(C)CNC(=O)CNc1cccc(NN)n1. The molecule has 6 heteroatoms. The molecule has 0 fully saturated rings. The molecule has 94 valence electrons. The van der Waals surface area contributed by atoms with E-state index in [1.165, 1.54) is 0 Å². The lowest BCUT2D eigenvalue weighted by atomic mass is 10.2. The summed E-state index contributed by atoms with van der Waals surface area (Å²) >= 11 is 0. The molecule has 1 aromatic rings. The first-order chi connectivity index (χ1) is 8.11. The number of amides is 1. The third-order valence-electron chi connectivity index (χ3n) is 2.03. The third-order valence-corrected chi connectivity index (χ3v) is 2.03. The quantitative estimate of drug-likeness (QED) is 0.428. The van der Waals surface area contributed by atoms with Gasteiger partial charge in [-0.15, -0.1) is 0 Å². The highest BCUT2D eigenvalue weighted by atomic mass is 16.1. The van der Waals surface area contributed by atoms with Crippen LogP contribution in [-0.4, -0.2) is 24.0 Å². The van der Waals surface area contributed by atoms with Crippen molar-refractivity contribution in [3.8, 4) is 0 Å². The van der Waals surface area contributed by atoms with Gasteiger partial charge >= 0.3 is 0 Å². The number of nitrogens with zero attached hydrogens (tertiary/aromatic N) is 1. The zero-order chi connectivity index (χ0) is 12.7. The molecule has 0 atom stereocenters. The van der Waals surface area contributed by atoms with Crippen LogP contribution in [-0.2, 0) is 4.79 Å². The fraction of sp³-hybridized carbons (Fsp3) is 0.455. The predicted molar refractivity (Wildman–Crippen MR) is 68.4 cm³/mol. The first kappa shape index (κ1) is 13.2. The van der Waals surface area contributed by atoms with Gasteiger partial charge < -0.3 is 16.1 Å². The Labute approximate surface area is 101 Å². The highest BCUT2D eigenvalue weighted by molar-refractivity contribution is 5.80.